The van der Waals surface area contributed by atoms with Crippen LogP contribution in [0.2, 0.25) is 0 Å². The summed E-state index contributed by atoms with van der Waals surface area (Å²) in [6.45, 7) is 1.97. The average Bonchev–Trinajstić information content (AvgIpc) is 2.56. The SMILES string of the molecule is Cc1cc(C#Cc2ccccc2)n(C)n1. The van der Waals surface area contributed by atoms with Crippen molar-refractivity contribution in [1.82, 2.24) is 9.78 Å². The van der Waals surface area contributed by atoms with E-state index in [1.807, 2.05) is 50.4 Å². The van der Waals surface area contributed by atoms with Gasteiger partial charge in [0, 0.05) is 12.6 Å². The molecule has 0 aliphatic carbocycles. The standard InChI is InChI=1S/C13H12N2/c1-11-10-13(15(2)14-11)9-8-12-6-4-3-5-7-12/h3-7,10H,1-2H3. The van der Waals surface area contributed by atoms with Gasteiger partial charge in [-0.15, -0.1) is 0 Å². The Balaban J connectivity index is 2.30. The van der Waals surface area contributed by atoms with Crippen molar-refractivity contribution >= 4 is 0 Å². The summed E-state index contributed by atoms with van der Waals surface area (Å²) in [6, 6.07) is 11.9. The Morgan fingerprint density at radius 2 is 1.87 bits per heavy atom. The zero-order chi connectivity index (χ0) is 10.7. The fraction of sp³-hybridized carbons (Fsp3) is 0.154. The highest BCUT2D eigenvalue weighted by molar-refractivity contribution is 5.40. The van der Waals surface area contributed by atoms with Gasteiger partial charge in [-0.05, 0) is 31.0 Å². The minimum atomic E-state index is 0.941. The molecule has 0 atom stereocenters. The van der Waals surface area contributed by atoms with E-state index in [-0.39, 0.29) is 0 Å². The molecule has 0 bridgehead atoms. The number of aromatic nitrogens is 2. The lowest BCUT2D eigenvalue weighted by molar-refractivity contribution is 0.747. The van der Waals surface area contributed by atoms with Gasteiger partial charge in [-0.2, -0.15) is 5.10 Å². The monoisotopic (exact) mass is 196 g/mol. The van der Waals surface area contributed by atoms with Crippen LogP contribution in [0.3, 0.4) is 0 Å². The number of rotatable bonds is 0. The maximum atomic E-state index is 4.24. The van der Waals surface area contributed by atoms with E-state index in [9.17, 15) is 0 Å². The molecule has 0 aliphatic heterocycles. The number of benzene rings is 1. The summed E-state index contributed by atoms with van der Waals surface area (Å²) in [6.07, 6.45) is 0. The van der Waals surface area contributed by atoms with Crippen molar-refractivity contribution in [2.45, 2.75) is 6.92 Å². The van der Waals surface area contributed by atoms with Gasteiger partial charge >= 0.3 is 0 Å². The summed E-state index contributed by atoms with van der Waals surface area (Å²) in [5.74, 6) is 6.20. The van der Waals surface area contributed by atoms with Gasteiger partial charge in [-0.1, -0.05) is 24.1 Å². The largest absolute Gasteiger partial charge is 0.260 e. The molecule has 0 amide bonds. The van der Waals surface area contributed by atoms with Crippen LogP contribution < -0.4 is 0 Å². The van der Waals surface area contributed by atoms with E-state index in [1.54, 1.807) is 4.68 Å². The van der Waals surface area contributed by atoms with Crippen LogP contribution in [0.4, 0.5) is 0 Å². The van der Waals surface area contributed by atoms with E-state index >= 15 is 0 Å². The molecular formula is C13H12N2. The van der Waals surface area contributed by atoms with Gasteiger partial charge in [0.2, 0.25) is 0 Å². The van der Waals surface area contributed by atoms with Crippen molar-refractivity contribution < 1.29 is 0 Å². The molecule has 0 saturated carbocycles. The van der Waals surface area contributed by atoms with Gasteiger partial charge in [0.05, 0.1) is 5.69 Å². The van der Waals surface area contributed by atoms with Gasteiger partial charge < -0.3 is 0 Å². The van der Waals surface area contributed by atoms with E-state index in [0.29, 0.717) is 0 Å². The summed E-state index contributed by atoms with van der Waals surface area (Å²) in [4.78, 5) is 0. The van der Waals surface area contributed by atoms with Crippen molar-refractivity contribution in [2.75, 3.05) is 0 Å². The number of hydrogen-bond acceptors (Lipinski definition) is 1. The molecule has 0 N–H and O–H groups in total. The first-order chi connectivity index (χ1) is 7.25. The highest BCUT2D eigenvalue weighted by Gasteiger charge is 1.96. The molecule has 1 aromatic heterocycles. The minimum absolute atomic E-state index is 0.941. The molecule has 74 valence electrons. The molecule has 2 nitrogen and oxygen atoms in total. The first-order valence-electron chi connectivity index (χ1n) is 4.83. The molecule has 15 heavy (non-hydrogen) atoms. The molecule has 0 fully saturated rings. The van der Waals surface area contributed by atoms with E-state index in [0.717, 1.165) is 17.0 Å². The van der Waals surface area contributed by atoms with Gasteiger partial charge in [0.25, 0.3) is 0 Å². The third-order valence-electron chi connectivity index (χ3n) is 2.11. The van der Waals surface area contributed by atoms with Crippen LogP contribution in [-0.2, 0) is 7.05 Å². The number of aryl methyl sites for hydroxylation is 2. The summed E-state index contributed by atoms with van der Waals surface area (Å²) in [7, 11) is 1.90. The molecule has 1 heterocycles. The molecule has 2 heteroatoms. The highest BCUT2D eigenvalue weighted by Crippen LogP contribution is 2.01. The Kier molecular flexibility index (Phi) is 2.55. The van der Waals surface area contributed by atoms with E-state index in [4.69, 9.17) is 0 Å². The minimum Gasteiger partial charge on any atom is -0.260 e. The maximum absolute atomic E-state index is 4.24. The summed E-state index contributed by atoms with van der Waals surface area (Å²) < 4.78 is 1.80. The molecule has 0 saturated heterocycles. The molecule has 0 unspecified atom stereocenters. The van der Waals surface area contributed by atoms with Crippen LogP contribution in [0, 0.1) is 18.8 Å². The van der Waals surface area contributed by atoms with Crippen LogP contribution in [0.15, 0.2) is 36.4 Å². The molecule has 0 radical (unpaired) electrons. The van der Waals surface area contributed by atoms with Gasteiger partial charge in [-0.25, -0.2) is 0 Å². The Morgan fingerprint density at radius 1 is 1.13 bits per heavy atom. The van der Waals surface area contributed by atoms with Crippen molar-refractivity contribution in [3.05, 3.63) is 53.3 Å². The molecule has 0 aliphatic rings. The lowest BCUT2D eigenvalue weighted by Crippen LogP contribution is -1.93. The molecule has 0 spiro atoms. The third kappa shape index (κ3) is 2.26. The quantitative estimate of drug-likeness (QED) is 0.590. The van der Waals surface area contributed by atoms with Gasteiger partial charge in [-0.3, -0.25) is 4.68 Å². The normalized spacial score (nSPS) is 9.47. The van der Waals surface area contributed by atoms with Crippen LogP contribution in [-0.4, -0.2) is 9.78 Å². The van der Waals surface area contributed by atoms with Crippen molar-refractivity contribution in [3.8, 4) is 11.8 Å². The summed E-state index contributed by atoms with van der Waals surface area (Å²) in [5.41, 5.74) is 2.96. The fourth-order valence-electron chi connectivity index (χ4n) is 1.39. The Morgan fingerprint density at radius 3 is 2.47 bits per heavy atom. The smallest absolute Gasteiger partial charge is 0.111 e. The molecule has 2 rings (SSSR count). The first-order valence-corrected chi connectivity index (χ1v) is 4.83. The maximum Gasteiger partial charge on any atom is 0.111 e. The lowest BCUT2D eigenvalue weighted by atomic mass is 10.2. The van der Waals surface area contributed by atoms with Crippen LogP contribution >= 0.6 is 0 Å². The second kappa shape index (κ2) is 4.02. The second-order valence-electron chi connectivity index (χ2n) is 3.41. The Hall–Kier alpha value is -2.01. The van der Waals surface area contributed by atoms with E-state index < -0.39 is 0 Å². The lowest BCUT2D eigenvalue weighted by Gasteiger charge is -1.90. The third-order valence-corrected chi connectivity index (χ3v) is 2.11. The Bertz CT molecular complexity index is 512. The topological polar surface area (TPSA) is 17.8 Å². The molecule has 1 aromatic carbocycles. The number of nitrogens with zero attached hydrogens (tertiary/aromatic N) is 2. The average molecular weight is 196 g/mol. The Labute approximate surface area is 89.6 Å². The molecule has 2 aromatic rings. The van der Waals surface area contributed by atoms with E-state index in [2.05, 4.69) is 16.9 Å². The van der Waals surface area contributed by atoms with Crippen LogP contribution in [0.25, 0.3) is 0 Å². The highest BCUT2D eigenvalue weighted by atomic mass is 15.3. The summed E-state index contributed by atoms with van der Waals surface area (Å²) in [5, 5.41) is 4.24. The predicted molar refractivity (Wildman–Crippen MR) is 60.4 cm³/mol. The van der Waals surface area contributed by atoms with Crippen molar-refractivity contribution in [3.63, 3.8) is 0 Å². The number of hydrogen-bond donors (Lipinski definition) is 0. The van der Waals surface area contributed by atoms with Crippen LogP contribution in [0.1, 0.15) is 17.0 Å². The summed E-state index contributed by atoms with van der Waals surface area (Å²) >= 11 is 0. The van der Waals surface area contributed by atoms with Crippen molar-refractivity contribution in [2.24, 2.45) is 7.05 Å². The second-order valence-corrected chi connectivity index (χ2v) is 3.41. The van der Waals surface area contributed by atoms with Gasteiger partial charge in [0.1, 0.15) is 5.69 Å². The molecular weight excluding hydrogens is 184 g/mol. The first kappa shape index (κ1) is 9.54. The van der Waals surface area contributed by atoms with Gasteiger partial charge in [0.15, 0.2) is 0 Å². The zero-order valence-corrected chi connectivity index (χ0v) is 8.86. The van der Waals surface area contributed by atoms with Crippen LogP contribution in [0.5, 0.6) is 0 Å². The fourth-order valence-corrected chi connectivity index (χ4v) is 1.39. The van der Waals surface area contributed by atoms with Crippen molar-refractivity contribution in [1.29, 1.82) is 0 Å². The predicted octanol–water partition coefficient (Wildman–Crippen LogP) is 2.13. The zero-order valence-electron chi connectivity index (χ0n) is 8.86. The van der Waals surface area contributed by atoms with E-state index in [1.165, 1.54) is 0 Å².